The van der Waals surface area contributed by atoms with Crippen molar-refractivity contribution >= 4 is 5.91 Å². The third-order valence-corrected chi connectivity index (χ3v) is 0.900. The van der Waals surface area contributed by atoms with E-state index in [0.717, 1.165) is 0 Å². The molecule has 0 spiro atoms. The first kappa shape index (κ1) is 9.55. The summed E-state index contributed by atoms with van der Waals surface area (Å²) in [6.07, 6.45) is 9.85. The first-order valence-corrected chi connectivity index (χ1v) is 3.15. The molecule has 1 amide bonds. The van der Waals surface area contributed by atoms with Crippen molar-refractivity contribution in [2.45, 2.75) is 0 Å². The Morgan fingerprint density at radius 3 is 2.45 bits per heavy atom. The number of hydrogen-bond donors (Lipinski definition) is 2. The van der Waals surface area contributed by atoms with Crippen molar-refractivity contribution in [2.24, 2.45) is 0 Å². The van der Waals surface area contributed by atoms with E-state index in [-0.39, 0.29) is 19.0 Å². The number of amides is 1. The number of hydrogen-bond acceptors (Lipinski definition) is 2. The Labute approximate surface area is 66.6 Å². The van der Waals surface area contributed by atoms with Gasteiger partial charge in [0.1, 0.15) is 0 Å². The number of nitrogens with one attached hydrogen (secondary N) is 2. The number of rotatable bonds is 4. The molecular weight excluding hydrogens is 140 g/mol. The molecule has 0 aliphatic carbocycles. The minimum atomic E-state index is -0.141. The van der Waals surface area contributed by atoms with Gasteiger partial charge in [-0.2, -0.15) is 0 Å². The number of carbonyl (C=O) groups excluding carboxylic acids is 1. The Morgan fingerprint density at radius 1 is 1.27 bits per heavy atom. The van der Waals surface area contributed by atoms with Crippen LogP contribution in [0, 0.1) is 24.7 Å². The van der Waals surface area contributed by atoms with Crippen LogP contribution in [0.2, 0.25) is 0 Å². The normalized spacial score (nSPS) is 7.82. The Kier molecular flexibility index (Phi) is 5.79. The predicted molar refractivity (Wildman–Crippen MR) is 43.5 cm³/mol. The van der Waals surface area contributed by atoms with Crippen molar-refractivity contribution in [3.63, 3.8) is 0 Å². The molecule has 0 saturated carbocycles. The predicted octanol–water partition coefficient (Wildman–Crippen LogP) is -1.04. The van der Waals surface area contributed by atoms with Crippen LogP contribution in [0.3, 0.4) is 0 Å². The van der Waals surface area contributed by atoms with E-state index >= 15 is 0 Å². The molecule has 0 radical (unpaired) electrons. The molecule has 0 unspecified atom stereocenters. The van der Waals surface area contributed by atoms with Gasteiger partial charge in [-0.15, -0.1) is 12.8 Å². The van der Waals surface area contributed by atoms with Crippen LogP contribution >= 0.6 is 0 Å². The Balaban J connectivity index is 3.26. The number of carbonyl (C=O) groups is 1. The number of terminal acetylenes is 2. The van der Waals surface area contributed by atoms with Gasteiger partial charge < -0.3 is 5.32 Å². The lowest BCUT2D eigenvalue weighted by Crippen LogP contribution is -2.34. The van der Waals surface area contributed by atoms with Gasteiger partial charge in [-0.1, -0.05) is 11.8 Å². The molecule has 3 heteroatoms. The van der Waals surface area contributed by atoms with Gasteiger partial charge >= 0.3 is 0 Å². The monoisotopic (exact) mass is 150 g/mol. The highest BCUT2D eigenvalue weighted by molar-refractivity contribution is 5.78. The van der Waals surface area contributed by atoms with Crippen LogP contribution in [0.4, 0.5) is 0 Å². The lowest BCUT2D eigenvalue weighted by atomic mass is 10.5. The Hall–Kier alpha value is -1.45. The van der Waals surface area contributed by atoms with Gasteiger partial charge in [0.05, 0.1) is 19.6 Å². The van der Waals surface area contributed by atoms with Crippen molar-refractivity contribution in [2.75, 3.05) is 19.6 Å². The van der Waals surface area contributed by atoms with E-state index < -0.39 is 0 Å². The lowest BCUT2D eigenvalue weighted by molar-refractivity contribution is -0.119. The zero-order valence-electron chi connectivity index (χ0n) is 6.18. The molecule has 0 aliphatic heterocycles. The van der Waals surface area contributed by atoms with Gasteiger partial charge in [0.15, 0.2) is 0 Å². The fourth-order valence-corrected chi connectivity index (χ4v) is 0.460. The van der Waals surface area contributed by atoms with Gasteiger partial charge in [-0.3, -0.25) is 10.1 Å². The minimum Gasteiger partial charge on any atom is -0.344 e. The third-order valence-electron chi connectivity index (χ3n) is 0.900. The van der Waals surface area contributed by atoms with Crippen molar-refractivity contribution in [1.29, 1.82) is 0 Å². The average Bonchev–Trinajstić information content (AvgIpc) is 2.01. The van der Waals surface area contributed by atoms with E-state index in [0.29, 0.717) is 6.54 Å². The minimum absolute atomic E-state index is 0.141. The summed E-state index contributed by atoms with van der Waals surface area (Å²) in [4.78, 5) is 10.7. The van der Waals surface area contributed by atoms with Crippen molar-refractivity contribution in [1.82, 2.24) is 10.6 Å². The van der Waals surface area contributed by atoms with Gasteiger partial charge in [-0.25, -0.2) is 0 Å². The summed E-state index contributed by atoms with van der Waals surface area (Å²) in [6.45, 7) is 0.867. The van der Waals surface area contributed by atoms with Gasteiger partial charge in [0.2, 0.25) is 5.91 Å². The van der Waals surface area contributed by atoms with Crippen LogP contribution in [-0.2, 0) is 4.79 Å². The highest BCUT2D eigenvalue weighted by atomic mass is 16.1. The molecule has 0 heterocycles. The summed E-state index contributed by atoms with van der Waals surface area (Å²) in [5, 5.41) is 5.21. The van der Waals surface area contributed by atoms with Gasteiger partial charge in [0.25, 0.3) is 0 Å². The van der Waals surface area contributed by atoms with Gasteiger partial charge in [0, 0.05) is 0 Å². The fourth-order valence-electron chi connectivity index (χ4n) is 0.460. The maximum absolute atomic E-state index is 10.7. The molecule has 0 saturated heterocycles. The second-order valence-electron chi connectivity index (χ2n) is 1.79. The lowest BCUT2D eigenvalue weighted by Gasteiger charge is -1.99. The van der Waals surface area contributed by atoms with Crippen molar-refractivity contribution in [3.8, 4) is 24.7 Å². The van der Waals surface area contributed by atoms with Crippen LogP contribution in [0.15, 0.2) is 0 Å². The Bertz CT molecular complexity index is 197. The van der Waals surface area contributed by atoms with E-state index in [1.54, 1.807) is 0 Å². The quantitative estimate of drug-likeness (QED) is 0.397. The van der Waals surface area contributed by atoms with Crippen LogP contribution < -0.4 is 10.6 Å². The maximum Gasteiger partial charge on any atom is 0.234 e. The average molecular weight is 150 g/mol. The Morgan fingerprint density at radius 2 is 1.91 bits per heavy atom. The molecule has 0 aromatic carbocycles. The third kappa shape index (κ3) is 6.44. The summed E-state index contributed by atoms with van der Waals surface area (Å²) in [7, 11) is 0. The first-order chi connectivity index (χ1) is 5.31. The van der Waals surface area contributed by atoms with E-state index in [9.17, 15) is 4.79 Å². The largest absolute Gasteiger partial charge is 0.344 e. The molecule has 3 nitrogen and oxygen atoms in total. The second kappa shape index (κ2) is 6.67. The highest BCUT2D eigenvalue weighted by Gasteiger charge is 1.95. The zero-order valence-corrected chi connectivity index (χ0v) is 6.18. The smallest absolute Gasteiger partial charge is 0.234 e. The van der Waals surface area contributed by atoms with Crippen molar-refractivity contribution < 1.29 is 4.79 Å². The summed E-state index contributed by atoms with van der Waals surface area (Å²) >= 11 is 0. The molecule has 0 aliphatic rings. The fraction of sp³-hybridized carbons (Fsp3) is 0.375. The molecule has 58 valence electrons. The standard InChI is InChI=1S/C8H10N2O/c1-3-5-9-7-8(11)10-6-4-2/h1-2,9H,5-7H2,(H,10,11). The summed E-state index contributed by atoms with van der Waals surface area (Å²) in [5.74, 6) is 4.50. The van der Waals surface area contributed by atoms with Crippen molar-refractivity contribution in [3.05, 3.63) is 0 Å². The summed E-state index contributed by atoms with van der Waals surface area (Å²) < 4.78 is 0. The topological polar surface area (TPSA) is 41.1 Å². The van der Waals surface area contributed by atoms with Crippen LogP contribution in [0.1, 0.15) is 0 Å². The van der Waals surface area contributed by atoms with Crippen LogP contribution in [-0.4, -0.2) is 25.5 Å². The molecule has 2 N–H and O–H groups in total. The van der Waals surface area contributed by atoms with E-state index in [1.165, 1.54) is 0 Å². The molecular formula is C8H10N2O. The molecule has 0 atom stereocenters. The molecule has 0 aromatic rings. The molecule has 0 bridgehead atoms. The molecule has 11 heavy (non-hydrogen) atoms. The maximum atomic E-state index is 10.7. The van der Waals surface area contributed by atoms with Crippen LogP contribution in [0.5, 0.6) is 0 Å². The molecule has 0 rings (SSSR count). The van der Waals surface area contributed by atoms with Crippen LogP contribution in [0.25, 0.3) is 0 Å². The first-order valence-electron chi connectivity index (χ1n) is 3.15. The molecule has 0 aromatic heterocycles. The van der Waals surface area contributed by atoms with E-state index in [2.05, 4.69) is 22.5 Å². The van der Waals surface area contributed by atoms with E-state index in [1.807, 2.05) is 0 Å². The zero-order chi connectivity index (χ0) is 8.53. The highest BCUT2D eigenvalue weighted by Crippen LogP contribution is 1.62. The van der Waals surface area contributed by atoms with Gasteiger partial charge in [-0.05, 0) is 0 Å². The SMILES string of the molecule is C#CCNCC(=O)NCC#C. The van der Waals surface area contributed by atoms with E-state index in [4.69, 9.17) is 12.8 Å². The molecule has 0 fully saturated rings. The second-order valence-corrected chi connectivity index (χ2v) is 1.79. The summed E-state index contributed by atoms with van der Waals surface area (Å²) in [5.41, 5.74) is 0. The summed E-state index contributed by atoms with van der Waals surface area (Å²) in [6, 6.07) is 0.